The molecule has 0 bridgehead atoms. The van der Waals surface area contributed by atoms with Gasteiger partial charge in [0.15, 0.2) is 5.65 Å². The quantitative estimate of drug-likeness (QED) is 0.259. The fourth-order valence-electron chi connectivity index (χ4n) is 3.96. The summed E-state index contributed by atoms with van der Waals surface area (Å²) < 4.78 is 20.0. The van der Waals surface area contributed by atoms with Crippen LogP contribution < -0.4 is 5.32 Å². The predicted molar refractivity (Wildman–Crippen MR) is 146 cm³/mol. The first-order valence-corrected chi connectivity index (χ1v) is 12.2. The molecule has 4 heterocycles. The van der Waals surface area contributed by atoms with Gasteiger partial charge in [-0.15, -0.1) is 0 Å². The minimum absolute atomic E-state index is 0.280. The van der Waals surface area contributed by atoms with Gasteiger partial charge in [0.05, 0.1) is 5.69 Å². The zero-order valence-electron chi connectivity index (χ0n) is 20.9. The first-order valence-electron chi connectivity index (χ1n) is 11.8. The summed E-state index contributed by atoms with van der Waals surface area (Å²) in [4.78, 5) is 29.9. The second kappa shape index (κ2) is 10.1. The molecule has 1 amide bonds. The van der Waals surface area contributed by atoms with Crippen LogP contribution in [0.15, 0.2) is 79.4 Å². The molecule has 0 fully saturated rings. The molecule has 5 aromatic rings. The lowest BCUT2D eigenvalue weighted by Crippen LogP contribution is -2.27. The standard InChI is InChI=1S/C29H23ClFN5O2/c1-29(2,3)38-28(37)36-26-12-17(8-10-33-26)18-11-19(16-32-15-18)22-14-25(23-13-20(30)6-7-24(23)31)35-27-21(22)5-4-9-34-27/h4-16H,1-3H3,(H,33,36,37). The number of ether oxygens (including phenoxy) is 1. The molecule has 0 saturated heterocycles. The van der Waals surface area contributed by atoms with Crippen LogP contribution in [-0.2, 0) is 4.74 Å². The molecule has 4 aromatic heterocycles. The monoisotopic (exact) mass is 527 g/mol. The van der Waals surface area contributed by atoms with Gasteiger partial charge in [0, 0.05) is 51.9 Å². The van der Waals surface area contributed by atoms with Crippen molar-refractivity contribution in [3.63, 3.8) is 0 Å². The van der Waals surface area contributed by atoms with Crippen molar-refractivity contribution in [3.05, 3.63) is 90.2 Å². The fraction of sp³-hybridized carbons (Fsp3) is 0.138. The third-order valence-corrected chi connectivity index (χ3v) is 5.80. The fourth-order valence-corrected chi connectivity index (χ4v) is 4.13. The van der Waals surface area contributed by atoms with Crippen LogP contribution in [-0.4, -0.2) is 31.6 Å². The number of halogens is 2. The van der Waals surface area contributed by atoms with Gasteiger partial charge in [-0.2, -0.15) is 0 Å². The number of pyridine rings is 4. The molecular formula is C29H23ClFN5O2. The lowest BCUT2D eigenvalue weighted by atomic mass is 9.98. The number of rotatable bonds is 4. The highest BCUT2D eigenvalue weighted by atomic mass is 35.5. The summed E-state index contributed by atoms with van der Waals surface area (Å²) in [5.41, 5.74) is 3.68. The van der Waals surface area contributed by atoms with E-state index in [2.05, 4.69) is 25.3 Å². The molecule has 1 N–H and O–H groups in total. The SMILES string of the molecule is CC(C)(C)OC(=O)Nc1cc(-c2cncc(-c3cc(-c4cc(Cl)ccc4F)nc4ncccc34)c2)ccn1. The van der Waals surface area contributed by atoms with Gasteiger partial charge in [0.1, 0.15) is 17.2 Å². The molecule has 38 heavy (non-hydrogen) atoms. The molecule has 0 aliphatic rings. The third kappa shape index (κ3) is 5.60. The van der Waals surface area contributed by atoms with Gasteiger partial charge >= 0.3 is 6.09 Å². The summed E-state index contributed by atoms with van der Waals surface area (Å²) in [5, 5.41) is 3.86. The molecule has 0 aliphatic heterocycles. The number of hydrogen-bond acceptors (Lipinski definition) is 6. The van der Waals surface area contributed by atoms with E-state index in [0.29, 0.717) is 22.2 Å². The Balaban J connectivity index is 1.56. The topological polar surface area (TPSA) is 89.9 Å². The van der Waals surface area contributed by atoms with E-state index in [1.807, 2.05) is 30.3 Å². The molecule has 1 aromatic carbocycles. The van der Waals surface area contributed by atoms with Crippen LogP contribution in [0.3, 0.4) is 0 Å². The van der Waals surface area contributed by atoms with Gasteiger partial charge in [-0.25, -0.2) is 24.1 Å². The van der Waals surface area contributed by atoms with Gasteiger partial charge in [-0.1, -0.05) is 11.6 Å². The van der Waals surface area contributed by atoms with Crippen LogP contribution in [0, 0.1) is 5.82 Å². The van der Waals surface area contributed by atoms with Crippen molar-refractivity contribution in [3.8, 4) is 33.5 Å². The highest BCUT2D eigenvalue weighted by Gasteiger charge is 2.17. The summed E-state index contributed by atoms with van der Waals surface area (Å²) in [5.74, 6) is -0.0868. The number of hydrogen-bond donors (Lipinski definition) is 1. The number of amides is 1. The van der Waals surface area contributed by atoms with Crippen molar-refractivity contribution in [2.45, 2.75) is 26.4 Å². The largest absolute Gasteiger partial charge is 0.444 e. The maximum atomic E-state index is 14.7. The van der Waals surface area contributed by atoms with E-state index in [9.17, 15) is 9.18 Å². The molecule has 0 unspecified atom stereocenters. The average Bonchev–Trinajstić information content (AvgIpc) is 2.88. The first kappa shape index (κ1) is 25.2. The van der Waals surface area contributed by atoms with E-state index >= 15 is 0 Å². The molecular weight excluding hydrogens is 505 g/mol. The lowest BCUT2D eigenvalue weighted by molar-refractivity contribution is 0.0635. The zero-order chi connectivity index (χ0) is 26.9. The Bertz CT molecular complexity index is 1670. The van der Waals surface area contributed by atoms with E-state index in [1.165, 1.54) is 12.1 Å². The molecule has 190 valence electrons. The van der Waals surface area contributed by atoms with Crippen molar-refractivity contribution >= 4 is 34.5 Å². The number of nitrogens with one attached hydrogen (secondary N) is 1. The number of aromatic nitrogens is 4. The maximum absolute atomic E-state index is 14.7. The van der Waals surface area contributed by atoms with E-state index in [0.717, 1.165) is 27.6 Å². The zero-order valence-corrected chi connectivity index (χ0v) is 21.6. The number of anilines is 1. The number of benzene rings is 1. The molecule has 0 aliphatic carbocycles. The Labute approximate surface area is 223 Å². The van der Waals surface area contributed by atoms with Gasteiger partial charge in [-0.05, 0) is 86.5 Å². The van der Waals surface area contributed by atoms with Crippen molar-refractivity contribution in [2.75, 3.05) is 5.32 Å². The summed E-state index contributed by atoms with van der Waals surface area (Å²) in [6, 6.07) is 15.4. The summed E-state index contributed by atoms with van der Waals surface area (Å²) in [6.45, 7) is 5.37. The maximum Gasteiger partial charge on any atom is 0.413 e. The Hall–Kier alpha value is -4.43. The van der Waals surface area contributed by atoms with E-state index < -0.39 is 17.5 Å². The predicted octanol–water partition coefficient (Wildman–Crippen LogP) is 7.56. The Kier molecular flexibility index (Phi) is 6.73. The van der Waals surface area contributed by atoms with E-state index in [4.69, 9.17) is 16.3 Å². The van der Waals surface area contributed by atoms with Crippen LogP contribution >= 0.6 is 11.6 Å². The second-order valence-corrected chi connectivity index (χ2v) is 10.0. The molecule has 0 saturated carbocycles. The molecule has 5 rings (SSSR count). The van der Waals surface area contributed by atoms with Crippen LogP contribution in [0.25, 0.3) is 44.5 Å². The Morgan fingerprint density at radius 1 is 0.921 bits per heavy atom. The second-order valence-electron chi connectivity index (χ2n) is 9.57. The average molecular weight is 528 g/mol. The molecule has 0 radical (unpaired) electrons. The minimum atomic E-state index is -0.630. The molecule has 0 atom stereocenters. The number of nitrogens with zero attached hydrogens (tertiary/aromatic N) is 4. The van der Waals surface area contributed by atoms with E-state index in [1.54, 1.807) is 57.7 Å². The van der Waals surface area contributed by atoms with Crippen molar-refractivity contribution in [1.82, 2.24) is 19.9 Å². The first-order chi connectivity index (χ1) is 18.2. The smallest absolute Gasteiger partial charge is 0.413 e. The highest BCUT2D eigenvalue weighted by Crippen LogP contribution is 2.34. The van der Waals surface area contributed by atoms with Gasteiger partial charge in [-0.3, -0.25) is 10.3 Å². The van der Waals surface area contributed by atoms with Crippen molar-refractivity contribution in [2.24, 2.45) is 0 Å². The number of fused-ring (bicyclic) bond motifs is 1. The Morgan fingerprint density at radius 3 is 2.55 bits per heavy atom. The van der Waals surface area contributed by atoms with Gasteiger partial charge in [0.2, 0.25) is 0 Å². The van der Waals surface area contributed by atoms with Gasteiger partial charge in [0.25, 0.3) is 0 Å². The molecule has 0 spiro atoms. The normalized spacial score (nSPS) is 11.4. The lowest BCUT2D eigenvalue weighted by Gasteiger charge is -2.19. The van der Waals surface area contributed by atoms with Crippen molar-refractivity contribution in [1.29, 1.82) is 0 Å². The van der Waals surface area contributed by atoms with Crippen LogP contribution in [0.4, 0.5) is 15.0 Å². The van der Waals surface area contributed by atoms with Crippen LogP contribution in [0.5, 0.6) is 0 Å². The summed E-state index contributed by atoms with van der Waals surface area (Å²) >= 11 is 6.15. The third-order valence-electron chi connectivity index (χ3n) is 5.56. The summed E-state index contributed by atoms with van der Waals surface area (Å²) in [6.07, 6.45) is 6.09. The Morgan fingerprint density at radius 2 is 1.74 bits per heavy atom. The number of carbonyl (C=O) groups is 1. The molecule has 9 heteroatoms. The minimum Gasteiger partial charge on any atom is -0.444 e. The summed E-state index contributed by atoms with van der Waals surface area (Å²) in [7, 11) is 0. The van der Waals surface area contributed by atoms with Crippen LogP contribution in [0.1, 0.15) is 20.8 Å². The van der Waals surface area contributed by atoms with E-state index in [-0.39, 0.29) is 5.56 Å². The van der Waals surface area contributed by atoms with Gasteiger partial charge < -0.3 is 4.74 Å². The molecule has 7 nitrogen and oxygen atoms in total. The number of carbonyl (C=O) groups excluding carboxylic acids is 1. The van der Waals surface area contributed by atoms with Crippen LogP contribution in [0.2, 0.25) is 5.02 Å². The van der Waals surface area contributed by atoms with Crippen molar-refractivity contribution < 1.29 is 13.9 Å². The highest BCUT2D eigenvalue weighted by molar-refractivity contribution is 6.30.